The number of rotatable bonds is 2. The fraction of sp³-hybridized carbons (Fsp3) is 0.667. The highest BCUT2D eigenvalue weighted by atomic mass is 16.4. The Morgan fingerprint density at radius 3 is 2.29 bits per heavy atom. The molecule has 3 N–H and O–H groups in total. The molecule has 2 radical (unpaired) electrons. The fourth-order valence-corrected chi connectivity index (χ4v) is 0.0873. The maximum atomic E-state index is 9.62. The normalized spacial score (nSPS) is 13.4. The van der Waals surface area contributed by atoms with E-state index in [4.69, 9.17) is 16.6 Å². The van der Waals surface area contributed by atoms with Crippen LogP contribution in [0.1, 0.15) is 0 Å². The molecule has 1 unspecified atom stereocenters. The molecule has 1 atom stereocenters. The third-order valence-electron chi connectivity index (χ3n) is 0.502. The van der Waals surface area contributed by atoms with Gasteiger partial charge in [-0.05, 0) is 0 Å². The lowest BCUT2D eigenvalue weighted by Crippen LogP contribution is -2.25. The van der Waals surface area contributed by atoms with Crippen LogP contribution in [0.25, 0.3) is 0 Å². The predicted molar refractivity (Wildman–Crippen MR) is 22.5 cm³/mol. The SMILES string of the molecule is [NH]CC([NH])C(=O)O. The highest BCUT2D eigenvalue weighted by Gasteiger charge is 2.07. The van der Waals surface area contributed by atoms with Gasteiger partial charge in [0, 0.05) is 6.54 Å². The van der Waals surface area contributed by atoms with E-state index in [1.165, 1.54) is 0 Å². The monoisotopic (exact) mass is 102 g/mol. The first kappa shape index (κ1) is 6.39. The number of carbonyl (C=O) groups is 1. The van der Waals surface area contributed by atoms with E-state index in [-0.39, 0.29) is 6.54 Å². The Morgan fingerprint density at radius 2 is 2.29 bits per heavy atom. The molecule has 0 heterocycles. The van der Waals surface area contributed by atoms with Gasteiger partial charge in [0.05, 0.1) is 0 Å². The lowest BCUT2D eigenvalue weighted by atomic mass is 10.3. The van der Waals surface area contributed by atoms with Crippen molar-refractivity contribution in [2.24, 2.45) is 0 Å². The van der Waals surface area contributed by atoms with Crippen LogP contribution in [-0.2, 0) is 4.79 Å². The third-order valence-corrected chi connectivity index (χ3v) is 0.502. The second kappa shape index (κ2) is 2.54. The van der Waals surface area contributed by atoms with Crippen LogP contribution in [0, 0.1) is 0 Å². The van der Waals surface area contributed by atoms with E-state index in [1.54, 1.807) is 0 Å². The summed E-state index contributed by atoms with van der Waals surface area (Å²) in [6.07, 6.45) is 0. The van der Waals surface area contributed by atoms with Gasteiger partial charge in [-0.25, -0.2) is 5.73 Å². The molecule has 0 saturated carbocycles. The molecule has 0 rings (SSSR count). The molecule has 7 heavy (non-hydrogen) atoms. The molecular formula is C3H6N2O2. The van der Waals surface area contributed by atoms with Gasteiger partial charge in [-0.3, -0.25) is 10.5 Å². The van der Waals surface area contributed by atoms with Crippen molar-refractivity contribution in [2.75, 3.05) is 6.54 Å². The topological polar surface area (TPSA) is 84.9 Å². The number of hydrogen-bond acceptors (Lipinski definition) is 1. The van der Waals surface area contributed by atoms with Crippen molar-refractivity contribution in [1.82, 2.24) is 11.5 Å². The first-order valence-corrected chi connectivity index (χ1v) is 1.77. The molecule has 0 aromatic rings. The molecule has 4 nitrogen and oxygen atoms in total. The van der Waals surface area contributed by atoms with Crippen LogP contribution in [0.15, 0.2) is 0 Å². The van der Waals surface area contributed by atoms with E-state index in [0.29, 0.717) is 0 Å². The first-order chi connectivity index (χ1) is 3.18. The lowest BCUT2D eigenvalue weighted by molar-refractivity contribution is -0.138. The standard InChI is InChI=1S/C3H6N2O2/c4-1-2(5)3(6)7/h2,4-5H,1H2,(H,6,7). The average Bonchev–Trinajstić information content (AvgIpc) is 1.65. The summed E-state index contributed by atoms with van der Waals surface area (Å²) in [6, 6.07) is -1.26. The van der Waals surface area contributed by atoms with Crippen molar-refractivity contribution in [3.8, 4) is 0 Å². The van der Waals surface area contributed by atoms with Gasteiger partial charge in [0.1, 0.15) is 6.04 Å². The molecule has 0 saturated heterocycles. The molecule has 0 amide bonds. The van der Waals surface area contributed by atoms with Gasteiger partial charge in [0.25, 0.3) is 0 Å². The van der Waals surface area contributed by atoms with Crippen LogP contribution in [0.2, 0.25) is 0 Å². The van der Waals surface area contributed by atoms with Crippen molar-refractivity contribution < 1.29 is 9.90 Å². The van der Waals surface area contributed by atoms with Gasteiger partial charge in [-0.15, -0.1) is 0 Å². The van der Waals surface area contributed by atoms with Crippen LogP contribution >= 0.6 is 0 Å². The predicted octanol–water partition coefficient (Wildman–Crippen LogP) is -0.995. The molecule has 0 aliphatic rings. The Bertz CT molecular complexity index is 73.3. The maximum absolute atomic E-state index is 9.62. The van der Waals surface area contributed by atoms with Crippen LogP contribution in [0.5, 0.6) is 0 Å². The van der Waals surface area contributed by atoms with Gasteiger partial charge in [0.15, 0.2) is 0 Å². The van der Waals surface area contributed by atoms with Crippen LogP contribution in [0.3, 0.4) is 0 Å². The quantitative estimate of drug-likeness (QED) is 0.485. The zero-order chi connectivity index (χ0) is 5.86. The Kier molecular flexibility index (Phi) is 2.32. The van der Waals surface area contributed by atoms with Crippen molar-refractivity contribution in [3.63, 3.8) is 0 Å². The minimum atomic E-state index is -1.26. The number of carboxylic acid groups (broad SMARTS) is 1. The molecule has 0 fully saturated rings. The molecule has 0 aromatic heterocycles. The highest BCUT2D eigenvalue weighted by Crippen LogP contribution is 1.73. The van der Waals surface area contributed by atoms with Gasteiger partial charge in [-0.2, -0.15) is 0 Å². The summed E-state index contributed by atoms with van der Waals surface area (Å²) in [4.78, 5) is 9.62. The Balaban J connectivity index is 3.34. The fourth-order valence-electron chi connectivity index (χ4n) is 0.0873. The molecule has 4 heteroatoms. The van der Waals surface area contributed by atoms with Crippen LogP contribution < -0.4 is 11.5 Å². The van der Waals surface area contributed by atoms with Crippen molar-refractivity contribution in [1.29, 1.82) is 0 Å². The van der Waals surface area contributed by atoms with Gasteiger partial charge in [-0.1, -0.05) is 0 Å². The summed E-state index contributed by atoms with van der Waals surface area (Å²) in [5.41, 5.74) is 12.9. The Hall–Kier alpha value is -0.610. The Morgan fingerprint density at radius 1 is 1.86 bits per heavy atom. The first-order valence-electron chi connectivity index (χ1n) is 1.77. The van der Waals surface area contributed by atoms with E-state index in [1.807, 2.05) is 0 Å². The summed E-state index contributed by atoms with van der Waals surface area (Å²) >= 11 is 0. The van der Waals surface area contributed by atoms with E-state index in [9.17, 15) is 4.79 Å². The van der Waals surface area contributed by atoms with Gasteiger partial charge >= 0.3 is 5.97 Å². The summed E-state index contributed by atoms with van der Waals surface area (Å²) in [5, 5.41) is 7.87. The summed E-state index contributed by atoms with van der Waals surface area (Å²) in [5.74, 6) is -1.23. The zero-order valence-electron chi connectivity index (χ0n) is 3.64. The average molecular weight is 102 g/mol. The zero-order valence-corrected chi connectivity index (χ0v) is 3.64. The van der Waals surface area contributed by atoms with Crippen molar-refractivity contribution in [2.45, 2.75) is 6.04 Å². The second-order valence-electron chi connectivity index (χ2n) is 1.09. The Labute approximate surface area is 41.1 Å². The van der Waals surface area contributed by atoms with Crippen LogP contribution in [-0.4, -0.2) is 23.7 Å². The highest BCUT2D eigenvalue weighted by molar-refractivity contribution is 5.73. The van der Waals surface area contributed by atoms with Crippen molar-refractivity contribution in [3.05, 3.63) is 0 Å². The molecule has 0 aromatic carbocycles. The molecule has 0 aliphatic carbocycles. The number of nitrogens with one attached hydrogen (secondary N) is 2. The summed E-state index contributed by atoms with van der Waals surface area (Å²) in [7, 11) is 0. The summed E-state index contributed by atoms with van der Waals surface area (Å²) in [6.45, 7) is -0.366. The van der Waals surface area contributed by atoms with Gasteiger partial charge < -0.3 is 5.11 Å². The minimum Gasteiger partial charge on any atom is -0.480 e. The molecule has 40 valence electrons. The molecule has 0 spiro atoms. The lowest BCUT2D eigenvalue weighted by Gasteiger charge is -1.95. The van der Waals surface area contributed by atoms with E-state index >= 15 is 0 Å². The van der Waals surface area contributed by atoms with E-state index in [0.717, 1.165) is 0 Å². The number of hydrogen-bond donors (Lipinski definition) is 1. The smallest absolute Gasteiger partial charge is 0.323 e. The number of carboxylic acids is 1. The molecular weight excluding hydrogens is 96.0 g/mol. The van der Waals surface area contributed by atoms with Crippen LogP contribution in [0.4, 0.5) is 0 Å². The summed E-state index contributed by atoms with van der Waals surface area (Å²) < 4.78 is 0. The van der Waals surface area contributed by atoms with E-state index in [2.05, 4.69) is 0 Å². The number of aliphatic carboxylic acids is 1. The third kappa shape index (κ3) is 2.13. The molecule has 0 aliphatic heterocycles. The van der Waals surface area contributed by atoms with Crippen molar-refractivity contribution >= 4 is 5.97 Å². The largest absolute Gasteiger partial charge is 0.480 e. The second-order valence-corrected chi connectivity index (χ2v) is 1.09. The molecule has 0 bridgehead atoms. The van der Waals surface area contributed by atoms with E-state index < -0.39 is 12.0 Å². The minimum absolute atomic E-state index is 0.366. The maximum Gasteiger partial charge on any atom is 0.323 e. The van der Waals surface area contributed by atoms with Gasteiger partial charge in [0.2, 0.25) is 0 Å².